The number of benzene rings is 2. The number of carbonyl (C=O) groups excluding carboxylic acids is 1. The van der Waals surface area contributed by atoms with Gasteiger partial charge in [-0.1, -0.05) is 24.3 Å². The summed E-state index contributed by atoms with van der Waals surface area (Å²) in [6.45, 7) is 2.91. The van der Waals surface area contributed by atoms with Gasteiger partial charge in [0.05, 0.1) is 29.1 Å². The number of hydrogen-bond donors (Lipinski definition) is 2. The zero-order chi connectivity index (χ0) is 20.9. The second-order valence-corrected chi connectivity index (χ2v) is 7.68. The van der Waals surface area contributed by atoms with Gasteiger partial charge in [0.1, 0.15) is 5.69 Å². The lowest BCUT2D eigenvalue weighted by atomic mass is 10.1. The maximum absolute atomic E-state index is 12.5. The summed E-state index contributed by atoms with van der Waals surface area (Å²) < 4.78 is 8.12. The highest BCUT2D eigenvalue weighted by atomic mass is 32.2. The Kier molecular flexibility index (Phi) is 6.10. The Labute approximate surface area is 178 Å². The van der Waals surface area contributed by atoms with Crippen molar-refractivity contribution in [2.75, 3.05) is 13.7 Å². The van der Waals surface area contributed by atoms with Crippen LogP contribution in [0.3, 0.4) is 0 Å². The molecule has 0 saturated heterocycles. The molecule has 0 unspecified atom stereocenters. The first-order chi connectivity index (χ1) is 14.6. The molecule has 30 heavy (non-hydrogen) atoms. The van der Waals surface area contributed by atoms with Crippen molar-refractivity contribution in [2.24, 2.45) is 4.99 Å². The number of para-hydroxylation sites is 1. The minimum atomic E-state index is -0.231. The molecule has 154 valence electrons. The zero-order valence-electron chi connectivity index (χ0n) is 16.8. The number of carbonyl (C=O) groups is 1. The van der Waals surface area contributed by atoms with Gasteiger partial charge in [-0.05, 0) is 54.6 Å². The summed E-state index contributed by atoms with van der Waals surface area (Å²) in [6, 6.07) is 13.8. The average Bonchev–Trinajstić information content (AvgIpc) is 3.22. The zero-order valence-corrected chi connectivity index (χ0v) is 17.6. The minimum Gasteiger partial charge on any atom is -0.378 e. The van der Waals surface area contributed by atoms with E-state index >= 15 is 0 Å². The second kappa shape index (κ2) is 9.10. The number of ether oxygens (including phenoxy) is 1. The normalized spacial score (nSPS) is 12.7. The number of nitrogens with one attached hydrogen (secondary N) is 2. The average molecular weight is 423 g/mol. The SMILES string of the molecule is COCc1cnn(-c2ccccc2CCNC(=O)C2=Nc3ccc(C)cc3SN2)n1. The van der Waals surface area contributed by atoms with E-state index in [9.17, 15) is 4.79 Å². The highest BCUT2D eigenvalue weighted by Gasteiger charge is 2.18. The van der Waals surface area contributed by atoms with Crippen LogP contribution in [0.15, 0.2) is 58.5 Å². The van der Waals surface area contributed by atoms with Crippen LogP contribution in [-0.4, -0.2) is 40.4 Å². The number of fused-ring (bicyclic) bond motifs is 1. The Morgan fingerprint density at radius 3 is 3.00 bits per heavy atom. The molecular weight excluding hydrogens is 400 g/mol. The van der Waals surface area contributed by atoms with Gasteiger partial charge in [-0.25, -0.2) is 4.99 Å². The first-order valence-corrected chi connectivity index (χ1v) is 10.3. The van der Waals surface area contributed by atoms with E-state index in [-0.39, 0.29) is 5.91 Å². The first-order valence-electron chi connectivity index (χ1n) is 9.53. The van der Waals surface area contributed by atoms with Crippen molar-refractivity contribution in [2.45, 2.75) is 24.8 Å². The Morgan fingerprint density at radius 2 is 2.13 bits per heavy atom. The highest BCUT2D eigenvalue weighted by molar-refractivity contribution is 7.98. The van der Waals surface area contributed by atoms with Gasteiger partial charge in [-0.2, -0.15) is 15.0 Å². The number of methoxy groups -OCH3 is 1. The fraction of sp³-hybridized carbons (Fsp3) is 0.238. The molecule has 0 bridgehead atoms. The molecule has 4 rings (SSSR count). The molecule has 1 aliphatic rings. The fourth-order valence-electron chi connectivity index (χ4n) is 3.08. The molecule has 3 aromatic rings. The van der Waals surface area contributed by atoms with Crippen molar-refractivity contribution in [3.8, 4) is 5.69 Å². The van der Waals surface area contributed by atoms with Crippen LogP contribution in [0.1, 0.15) is 16.8 Å². The van der Waals surface area contributed by atoms with Gasteiger partial charge < -0.3 is 14.8 Å². The van der Waals surface area contributed by atoms with Crippen molar-refractivity contribution < 1.29 is 9.53 Å². The molecule has 9 heteroatoms. The molecule has 0 fully saturated rings. The predicted molar refractivity (Wildman–Crippen MR) is 116 cm³/mol. The Bertz CT molecular complexity index is 1090. The summed E-state index contributed by atoms with van der Waals surface area (Å²) in [7, 11) is 1.62. The van der Waals surface area contributed by atoms with Crippen LogP contribution in [0, 0.1) is 6.92 Å². The maximum atomic E-state index is 12.5. The van der Waals surface area contributed by atoms with Crippen LogP contribution in [0.2, 0.25) is 0 Å². The standard InChI is InChI=1S/C21H22N6O2S/c1-14-7-8-17-19(11-14)30-26-20(24-17)21(28)22-10-9-15-5-3-4-6-18(15)27-23-12-16(25-27)13-29-2/h3-8,11-12H,9-10,13H2,1-2H3,(H,22,28)(H,24,26). The molecular formula is C21H22N6O2S. The Balaban J connectivity index is 1.40. The van der Waals surface area contributed by atoms with Gasteiger partial charge >= 0.3 is 0 Å². The van der Waals surface area contributed by atoms with E-state index in [2.05, 4.69) is 25.2 Å². The monoisotopic (exact) mass is 422 g/mol. The van der Waals surface area contributed by atoms with Gasteiger partial charge in [-0.3, -0.25) is 4.79 Å². The lowest BCUT2D eigenvalue weighted by molar-refractivity contribution is -0.114. The molecule has 2 heterocycles. The number of amidine groups is 1. The Morgan fingerprint density at radius 1 is 1.27 bits per heavy atom. The van der Waals surface area contributed by atoms with E-state index in [1.807, 2.05) is 49.4 Å². The lowest BCUT2D eigenvalue weighted by Crippen LogP contribution is -2.39. The summed E-state index contributed by atoms with van der Waals surface area (Å²) in [6.07, 6.45) is 2.32. The van der Waals surface area contributed by atoms with Crippen molar-refractivity contribution in [1.29, 1.82) is 0 Å². The van der Waals surface area contributed by atoms with E-state index in [0.717, 1.165) is 33.1 Å². The number of nitrogens with zero attached hydrogens (tertiary/aromatic N) is 4. The molecule has 0 spiro atoms. The lowest BCUT2D eigenvalue weighted by Gasteiger charge is -2.16. The van der Waals surface area contributed by atoms with E-state index in [1.54, 1.807) is 18.1 Å². The van der Waals surface area contributed by atoms with Gasteiger partial charge in [0.15, 0.2) is 0 Å². The predicted octanol–water partition coefficient (Wildman–Crippen LogP) is 2.72. The van der Waals surface area contributed by atoms with Crippen molar-refractivity contribution >= 4 is 29.4 Å². The molecule has 1 amide bonds. The van der Waals surface area contributed by atoms with Crippen LogP contribution in [0.5, 0.6) is 0 Å². The Hall–Kier alpha value is -3.17. The smallest absolute Gasteiger partial charge is 0.287 e. The molecule has 1 aromatic heterocycles. The third-order valence-electron chi connectivity index (χ3n) is 4.54. The summed E-state index contributed by atoms with van der Waals surface area (Å²) in [5, 5.41) is 11.7. The van der Waals surface area contributed by atoms with E-state index < -0.39 is 0 Å². The summed E-state index contributed by atoms with van der Waals surface area (Å²) in [5.41, 5.74) is 4.63. The van der Waals surface area contributed by atoms with Crippen molar-refractivity contribution in [1.82, 2.24) is 25.0 Å². The molecule has 1 aliphatic heterocycles. The number of hydrogen-bond acceptors (Lipinski definition) is 7. The van der Waals surface area contributed by atoms with Crippen LogP contribution in [0.4, 0.5) is 5.69 Å². The van der Waals surface area contributed by atoms with Gasteiger partial charge in [0.25, 0.3) is 5.91 Å². The van der Waals surface area contributed by atoms with Crippen molar-refractivity contribution in [3.63, 3.8) is 0 Å². The molecule has 2 aromatic carbocycles. The molecule has 0 aliphatic carbocycles. The van der Waals surface area contributed by atoms with Crippen LogP contribution >= 0.6 is 11.9 Å². The summed E-state index contributed by atoms with van der Waals surface area (Å²) >= 11 is 1.40. The second-order valence-electron chi connectivity index (χ2n) is 6.83. The van der Waals surface area contributed by atoms with Gasteiger partial charge in [-0.15, -0.1) is 0 Å². The number of amides is 1. The number of aromatic nitrogens is 3. The van der Waals surface area contributed by atoms with E-state index in [0.29, 0.717) is 25.4 Å². The molecule has 8 nitrogen and oxygen atoms in total. The molecule has 0 saturated carbocycles. The minimum absolute atomic E-state index is 0.231. The highest BCUT2D eigenvalue weighted by Crippen LogP contribution is 2.31. The number of rotatable bonds is 7. The van der Waals surface area contributed by atoms with Crippen LogP contribution in [-0.2, 0) is 22.6 Å². The van der Waals surface area contributed by atoms with Crippen molar-refractivity contribution in [3.05, 3.63) is 65.5 Å². The van der Waals surface area contributed by atoms with E-state index in [4.69, 9.17) is 4.74 Å². The number of aliphatic imine (C=N–C) groups is 1. The quantitative estimate of drug-likeness (QED) is 0.569. The topological polar surface area (TPSA) is 93.4 Å². The largest absolute Gasteiger partial charge is 0.378 e. The first kappa shape index (κ1) is 20.1. The van der Waals surface area contributed by atoms with Gasteiger partial charge in [0.2, 0.25) is 5.84 Å². The van der Waals surface area contributed by atoms with Gasteiger partial charge in [0, 0.05) is 13.7 Å². The third-order valence-corrected chi connectivity index (χ3v) is 5.38. The molecule has 0 radical (unpaired) electrons. The summed E-state index contributed by atoms with van der Waals surface area (Å²) in [4.78, 5) is 19.6. The maximum Gasteiger partial charge on any atom is 0.287 e. The third kappa shape index (κ3) is 4.52. The fourth-order valence-corrected chi connectivity index (χ4v) is 3.88. The van der Waals surface area contributed by atoms with Crippen LogP contribution in [0.25, 0.3) is 5.69 Å². The molecule has 2 N–H and O–H groups in total. The van der Waals surface area contributed by atoms with E-state index in [1.165, 1.54) is 11.9 Å². The number of aryl methyl sites for hydroxylation is 1. The van der Waals surface area contributed by atoms with Crippen LogP contribution < -0.4 is 10.0 Å². The molecule has 0 atom stereocenters. The summed E-state index contributed by atoms with van der Waals surface area (Å²) in [5.74, 6) is 0.0772.